The summed E-state index contributed by atoms with van der Waals surface area (Å²) in [6, 6.07) is 0. The van der Waals surface area contributed by atoms with E-state index in [1.165, 1.54) is 0 Å². The van der Waals surface area contributed by atoms with Crippen molar-refractivity contribution in [1.29, 1.82) is 0 Å². The predicted molar refractivity (Wildman–Crippen MR) is 37.1 cm³/mol. The molecule has 0 aromatic carbocycles. The van der Waals surface area contributed by atoms with Crippen molar-refractivity contribution in [1.82, 2.24) is 0 Å². The average Bonchev–Trinajstić information content (AvgIpc) is 1.96. The fraction of sp³-hybridized carbons (Fsp3) is 0.333. The number of carbonyl (C=O) groups is 2. The van der Waals surface area contributed by atoms with Crippen LogP contribution in [0.15, 0.2) is 12.2 Å². The summed E-state index contributed by atoms with van der Waals surface area (Å²) in [5, 5.41) is 16.0. The third-order valence-corrected chi connectivity index (χ3v) is 0.800. The first-order valence-electron chi connectivity index (χ1n) is 2.90. The van der Waals surface area contributed by atoms with Crippen LogP contribution in [-0.4, -0.2) is 35.7 Å². The highest BCUT2D eigenvalue weighted by molar-refractivity contribution is 5.57. The van der Waals surface area contributed by atoms with Crippen molar-refractivity contribution in [3.8, 4) is 0 Å². The van der Waals surface area contributed by atoms with Gasteiger partial charge in [0.15, 0.2) is 0 Å². The van der Waals surface area contributed by atoms with Crippen molar-refractivity contribution < 1.29 is 29.3 Å². The minimum atomic E-state index is -1.44. The molecule has 0 spiro atoms. The predicted octanol–water partition coefficient (Wildman–Crippen LogP) is 0.932. The number of hydrogen-bond acceptors (Lipinski definition) is 4. The van der Waals surface area contributed by atoms with E-state index in [0.717, 1.165) is 0 Å². The topological polar surface area (TPSA) is 93.1 Å². The molecule has 12 heavy (non-hydrogen) atoms. The van der Waals surface area contributed by atoms with Gasteiger partial charge < -0.3 is 19.7 Å². The van der Waals surface area contributed by atoms with Crippen LogP contribution in [0.5, 0.6) is 0 Å². The zero-order valence-corrected chi connectivity index (χ0v) is 6.15. The summed E-state index contributed by atoms with van der Waals surface area (Å²) in [7, 11) is 0. The maximum Gasteiger partial charge on any atom is 0.506 e. The molecule has 0 fully saturated rings. The van der Waals surface area contributed by atoms with Crippen LogP contribution in [0.25, 0.3) is 0 Å². The van der Waals surface area contributed by atoms with Gasteiger partial charge in [0.05, 0.1) is 0 Å². The van der Waals surface area contributed by atoms with E-state index in [0.29, 0.717) is 0 Å². The lowest BCUT2D eigenvalue weighted by Crippen LogP contribution is -2.10. The summed E-state index contributed by atoms with van der Waals surface area (Å²) in [5.41, 5.74) is 0.236. The molecule has 0 bridgehead atoms. The summed E-state index contributed by atoms with van der Waals surface area (Å²) < 4.78 is 8.16. The van der Waals surface area contributed by atoms with E-state index in [1.807, 2.05) is 0 Å². The molecule has 6 heteroatoms. The Labute approximate surface area is 68.0 Å². The Morgan fingerprint density at radius 1 is 1.08 bits per heavy atom. The third kappa shape index (κ3) is 6.40. The summed E-state index contributed by atoms with van der Waals surface area (Å²) in [6.45, 7) is 2.80. The van der Waals surface area contributed by atoms with Crippen LogP contribution in [0, 0.1) is 0 Å². The highest BCUT2D eigenvalue weighted by atomic mass is 16.7. The molecule has 0 saturated carbocycles. The smallest absolute Gasteiger partial charge is 0.450 e. The zero-order chi connectivity index (χ0) is 9.56. The summed E-state index contributed by atoms with van der Waals surface area (Å²) in [6.07, 6.45) is -2.88. The zero-order valence-electron chi connectivity index (χ0n) is 6.15. The van der Waals surface area contributed by atoms with Gasteiger partial charge in [0.1, 0.15) is 13.2 Å². The Balaban J connectivity index is 3.47. The highest BCUT2D eigenvalue weighted by Gasteiger charge is 2.02. The van der Waals surface area contributed by atoms with Gasteiger partial charge in [0.2, 0.25) is 0 Å². The second kappa shape index (κ2) is 5.00. The van der Waals surface area contributed by atoms with E-state index >= 15 is 0 Å². The molecule has 0 heterocycles. The normalized spacial score (nSPS) is 8.67. The molecular weight excluding hydrogens is 168 g/mol. The van der Waals surface area contributed by atoms with Crippen LogP contribution in [0.2, 0.25) is 0 Å². The van der Waals surface area contributed by atoms with Crippen molar-refractivity contribution in [3.05, 3.63) is 12.2 Å². The van der Waals surface area contributed by atoms with Gasteiger partial charge in [-0.25, -0.2) is 9.59 Å². The molecule has 0 atom stereocenters. The molecule has 2 N–H and O–H groups in total. The molecule has 0 aliphatic rings. The van der Waals surface area contributed by atoms with Gasteiger partial charge >= 0.3 is 12.3 Å². The number of rotatable bonds is 4. The van der Waals surface area contributed by atoms with Crippen molar-refractivity contribution in [2.24, 2.45) is 0 Å². The fourth-order valence-corrected chi connectivity index (χ4v) is 0.369. The number of hydrogen-bond donors (Lipinski definition) is 2. The molecule has 6 nitrogen and oxygen atoms in total. The first kappa shape index (κ1) is 10.3. The Hall–Kier alpha value is -1.72. The van der Waals surface area contributed by atoms with Crippen molar-refractivity contribution in [3.63, 3.8) is 0 Å². The SMILES string of the molecule is C=C(COC(=O)O)COC(=O)O. The molecule has 0 aromatic rings. The summed E-state index contributed by atoms with van der Waals surface area (Å²) >= 11 is 0. The number of carboxylic acid groups (broad SMARTS) is 2. The van der Waals surface area contributed by atoms with Crippen molar-refractivity contribution in [2.45, 2.75) is 0 Å². The Morgan fingerprint density at radius 3 is 1.67 bits per heavy atom. The standard InChI is InChI=1S/C6H8O6/c1-4(2-11-5(7)8)3-12-6(9)10/h1-3H2,(H,7,8)(H,9,10). The fourth-order valence-electron chi connectivity index (χ4n) is 0.369. The molecule has 0 aliphatic carbocycles. The van der Waals surface area contributed by atoms with Gasteiger partial charge in [-0.05, 0) is 5.57 Å². The minimum Gasteiger partial charge on any atom is -0.450 e. The molecule has 0 unspecified atom stereocenters. The van der Waals surface area contributed by atoms with E-state index in [-0.39, 0.29) is 18.8 Å². The Morgan fingerprint density at radius 2 is 1.42 bits per heavy atom. The van der Waals surface area contributed by atoms with E-state index < -0.39 is 12.3 Å². The van der Waals surface area contributed by atoms with E-state index in [2.05, 4.69) is 16.1 Å². The molecule has 0 aromatic heterocycles. The first-order valence-corrected chi connectivity index (χ1v) is 2.90. The van der Waals surface area contributed by atoms with Crippen LogP contribution in [0.4, 0.5) is 9.59 Å². The largest absolute Gasteiger partial charge is 0.506 e. The third-order valence-electron chi connectivity index (χ3n) is 0.800. The first-order chi connectivity index (χ1) is 5.52. The van der Waals surface area contributed by atoms with Crippen LogP contribution >= 0.6 is 0 Å². The molecule has 0 amide bonds. The molecule has 68 valence electrons. The van der Waals surface area contributed by atoms with Crippen molar-refractivity contribution >= 4 is 12.3 Å². The molecule has 0 rings (SSSR count). The van der Waals surface area contributed by atoms with Gasteiger partial charge in [-0.15, -0.1) is 0 Å². The average molecular weight is 176 g/mol. The van der Waals surface area contributed by atoms with Crippen LogP contribution in [0.1, 0.15) is 0 Å². The van der Waals surface area contributed by atoms with Crippen LogP contribution in [0.3, 0.4) is 0 Å². The maximum absolute atomic E-state index is 9.82. The van der Waals surface area contributed by atoms with E-state index in [4.69, 9.17) is 10.2 Å². The highest BCUT2D eigenvalue weighted by Crippen LogP contribution is 1.93. The van der Waals surface area contributed by atoms with Crippen molar-refractivity contribution in [2.75, 3.05) is 13.2 Å². The minimum absolute atomic E-state index is 0.236. The summed E-state index contributed by atoms with van der Waals surface area (Å²) in [5.74, 6) is 0. The molecule has 0 radical (unpaired) electrons. The van der Waals surface area contributed by atoms with E-state index in [9.17, 15) is 9.59 Å². The van der Waals surface area contributed by atoms with Gasteiger partial charge in [0, 0.05) is 0 Å². The molecular formula is C6H8O6. The van der Waals surface area contributed by atoms with E-state index in [1.54, 1.807) is 0 Å². The van der Waals surface area contributed by atoms with Gasteiger partial charge in [-0.1, -0.05) is 6.58 Å². The number of ether oxygens (including phenoxy) is 2. The van der Waals surface area contributed by atoms with Gasteiger partial charge in [-0.2, -0.15) is 0 Å². The molecule has 0 aliphatic heterocycles. The van der Waals surface area contributed by atoms with Crippen LogP contribution < -0.4 is 0 Å². The quantitative estimate of drug-likeness (QED) is 0.488. The lowest BCUT2D eigenvalue weighted by molar-refractivity contribution is 0.0860. The second-order valence-corrected chi connectivity index (χ2v) is 1.86. The lowest BCUT2D eigenvalue weighted by Gasteiger charge is -2.03. The second-order valence-electron chi connectivity index (χ2n) is 1.86. The Bertz CT molecular complexity index is 176. The van der Waals surface area contributed by atoms with Gasteiger partial charge in [-0.3, -0.25) is 0 Å². The van der Waals surface area contributed by atoms with Crippen LogP contribution in [-0.2, 0) is 9.47 Å². The van der Waals surface area contributed by atoms with Gasteiger partial charge in [0.25, 0.3) is 0 Å². The Kier molecular flexibility index (Phi) is 4.28. The summed E-state index contributed by atoms with van der Waals surface area (Å²) in [4.78, 5) is 19.6. The lowest BCUT2D eigenvalue weighted by atomic mass is 10.3. The maximum atomic E-state index is 9.82. The monoisotopic (exact) mass is 176 g/mol. The molecule has 0 saturated heterocycles.